The van der Waals surface area contributed by atoms with Gasteiger partial charge >= 0.3 is 6.18 Å². The normalized spacial score (nSPS) is 16.5. The van der Waals surface area contributed by atoms with Crippen molar-refractivity contribution < 1.29 is 30.8 Å². The van der Waals surface area contributed by atoms with Gasteiger partial charge in [0, 0.05) is 54.7 Å². The minimum Gasteiger partial charge on any atom is -0.443 e. The molecule has 4 aromatic rings. The Balaban J connectivity index is 1.37. The maximum absolute atomic E-state index is 13.4. The first-order chi connectivity index (χ1) is 19.4. The van der Waals surface area contributed by atoms with Crippen molar-refractivity contribution in [2.24, 2.45) is 0 Å². The molecule has 1 aliphatic rings. The topological polar surface area (TPSA) is 115 Å². The summed E-state index contributed by atoms with van der Waals surface area (Å²) in [5, 5.41) is 3.02. The summed E-state index contributed by atoms with van der Waals surface area (Å²) in [6, 6.07) is 7.53. The lowest BCUT2D eigenvalue weighted by molar-refractivity contribution is -0.137. The number of pyridine rings is 2. The standard InChI is InChI=1S/C28H27F3N4O5S/c1-17(2)34-16-18(12-22(27(34)37)19-5-7-21(8-6-19)28(29,30)31)14-33-26(36)23-4-3-11-35(23)41(38,39)25-13-20-15-32-10-9-24(20)40-25/h5-10,12-13,15-17,23H,3-4,11,14H2,1-2H3,(H,33,36). The van der Waals surface area contributed by atoms with E-state index in [0.29, 0.717) is 34.9 Å². The highest BCUT2D eigenvalue weighted by molar-refractivity contribution is 7.89. The van der Waals surface area contributed by atoms with E-state index >= 15 is 0 Å². The highest BCUT2D eigenvalue weighted by atomic mass is 32.2. The summed E-state index contributed by atoms with van der Waals surface area (Å²) in [5.41, 5.74) is 0.165. The minimum absolute atomic E-state index is 0.0276. The van der Waals surface area contributed by atoms with E-state index in [-0.39, 0.29) is 35.3 Å². The van der Waals surface area contributed by atoms with Crippen molar-refractivity contribution >= 4 is 26.9 Å². The van der Waals surface area contributed by atoms with Crippen LogP contribution in [0.2, 0.25) is 0 Å². The number of hydrogen-bond acceptors (Lipinski definition) is 6. The second-order valence-electron chi connectivity index (χ2n) is 10.1. The molecule has 1 saturated heterocycles. The Kier molecular flexibility index (Phi) is 7.51. The third-order valence-corrected chi connectivity index (χ3v) is 8.77. The molecule has 1 atom stereocenters. The Morgan fingerprint density at radius 1 is 1.17 bits per heavy atom. The van der Waals surface area contributed by atoms with E-state index in [1.54, 1.807) is 26.1 Å². The predicted molar refractivity (Wildman–Crippen MR) is 144 cm³/mol. The number of carbonyl (C=O) groups is 1. The number of amides is 1. The van der Waals surface area contributed by atoms with Crippen molar-refractivity contribution in [3.63, 3.8) is 0 Å². The molecule has 0 aliphatic carbocycles. The number of fused-ring (bicyclic) bond motifs is 1. The monoisotopic (exact) mass is 588 g/mol. The van der Waals surface area contributed by atoms with E-state index in [2.05, 4.69) is 10.3 Å². The molecule has 4 heterocycles. The fourth-order valence-corrected chi connectivity index (χ4v) is 6.49. The number of nitrogens with zero attached hydrogens (tertiary/aromatic N) is 3. The zero-order valence-electron chi connectivity index (χ0n) is 22.2. The van der Waals surface area contributed by atoms with Gasteiger partial charge in [0.05, 0.1) is 5.56 Å². The van der Waals surface area contributed by atoms with Crippen LogP contribution in [0.25, 0.3) is 22.1 Å². The number of aromatic nitrogens is 2. The molecule has 1 amide bonds. The van der Waals surface area contributed by atoms with Crippen molar-refractivity contribution in [1.29, 1.82) is 0 Å². The molecule has 9 nitrogen and oxygen atoms in total. The maximum Gasteiger partial charge on any atom is 0.416 e. The van der Waals surface area contributed by atoms with Gasteiger partial charge in [0.2, 0.25) is 11.0 Å². The van der Waals surface area contributed by atoms with Crippen molar-refractivity contribution in [1.82, 2.24) is 19.2 Å². The molecular weight excluding hydrogens is 561 g/mol. The molecule has 1 fully saturated rings. The molecule has 3 aromatic heterocycles. The number of sulfonamides is 1. The zero-order valence-corrected chi connectivity index (χ0v) is 23.0. The van der Waals surface area contributed by atoms with Crippen LogP contribution in [0.15, 0.2) is 75.4 Å². The molecule has 0 saturated carbocycles. The van der Waals surface area contributed by atoms with Crippen LogP contribution >= 0.6 is 0 Å². The van der Waals surface area contributed by atoms with E-state index in [0.717, 1.165) is 16.4 Å². The third-order valence-electron chi connectivity index (χ3n) is 7.01. The van der Waals surface area contributed by atoms with Crippen molar-refractivity contribution in [2.45, 2.75) is 56.6 Å². The van der Waals surface area contributed by atoms with E-state index in [4.69, 9.17) is 4.42 Å². The Labute approximate surface area is 233 Å². The lowest BCUT2D eigenvalue weighted by Gasteiger charge is -2.22. The Morgan fingerprint density at radius 2 is 1.90 bits per heavy atom. The number of hydrogen-bond donors (Lipinski definition) is 1. The average Bonchev–Trinajstić information content (AvgIpc) is 3.60. The van der Waals surface area contributed by atoms with Gasteiger partial charge in [-0.2, -0.15) is 17.5 Å². The summed E-state index contributed by atoms with van der Waals surface area (Å²) in [5.74, 6) is -0.512. The van der Waals surface area contributed by atoms with Crippen LogP contribution in [-0.2, 0) is 27.5 Å². The van der Waals surface area contributed by atoms with Gasteiger partial charge in [-0.3, -0.25) is 14.6 Å². The number of halogens is 3. The van der Waals surface area contributed by atoms with Crippen molar-refractivity contribution in [3.8, 4) is 11.1 Å². The lowest BCUT2D eigenvalue weighted by Crippen LogP contribution is -2.45. The summed E-state index contributed by atoms with van der Waals surface area (Å²) in [6.45, 7) is 3.69. The van der Waals surface area contributed by atoms with Crippen LogP contribution < -0.4 is 10.9 Å². The molecule has 1 aliphatic heterocycles. The van der Waals surface area contributed by atoms with E-state index in [1.165, 1.54) is 41.2 Å². The molecule has 1 aromatic carbocycles. The molecule has 0 spiro atoms. The van der Waals surface area contributed by atoms with Gasteiger partial charge < -0.3 is 14.3 Å². The van der Waals surface area contributed by atoms with Gasteiger partial charge in [-0.15, -0.1) is 0 Å². The quantitative estimate of drug-likeness (QED) is 0.334. The summed E-state index contributed by atoms with van der Waals surface area (Å²) in [4.78, 5) is 30.3. The number of nitrogens with one attached hydrogen (secondary N) is 1. The smallest absolute Gasteiger partial charge is 0.416 e. The van der Waals surface area contributed by atoms with Crippen LogP contribution in [0.3, 0.4) is 0 Å². The SMILES string of the molecule is CC(C)n1cc(CNC(=O)C2CCCN2S(=O)(=O)c2cc3cnccc3o2)cc(-c2ccc(C(F)(F)F)cc2)c1=O. The fourth-order valence-electron chi connectivity index (χ4n) is 4.89. The summed E-state index contributed by atoms with van der Waals surface area (Å²) in [7, 11) is -4.11. The molecule has 0 bridgehead atoms. The molecule has 5 rings (SSSR count). The van der Waals surface area contributed by atoms with Crippen LogP contribution in [0, 0.1) is 0 Å². The molecule has 1 unspecified atom stereocenters. The predicted octanol–water partition coefficient (Wildman–Crippen LogP) is 4.73. The first-order valence-electron chi connectivity index (χ1n) is 12.9. The van der Waals surface area contributed by atoms with Gasteiger partial charge in [0.25, 0.3) is 15.6 Å². The molecule has 216 valence electrons. The number of rotatable bonds is 7. The Hall–Kier alpha value is -3.97. The van der Waals surface area contributed by atoms with Crippen LogP contribution in [0.1, 0.15) is 43.9 Å². The summed E-state index contributed by atoms with van der Waals surface area (Å²) in [6.07, 6.45) is 0.838. The highest BCUT2D eigenvalue weighted by Gasteiger charge is 2.41. The summed E-state index contributed by atoms with van der Waals surface area (Å²) < 4.78 is 73.9. The maximum atomic E-state index is 13.4. The third kappa shape index (κ3) is 5.64. The van der Waals surface area contributed by atoms with Gasteiger partial charge in [0.1, 0.15) is 11.6 Å². The molecule has 1 N–H and O–H groups in total. The zero-order chi connectivity index (χ0) is 29.5. The fraction of sp³-hybridized carbons (Fsp3) is 0.321. The van der Waals surface area contributed by atoms with Gasteiger partial charge in [-0.05, 0) is 62.1 Å². The Morgan fingerprint density at radius 3 is 2.56 bits per heavy atom. The van der Waals surface area contributed by atoms with Crippen LogP contribution in [0.5, 0.6) is 0 Å². The number of carbonyl (C=O) groups excluding carboxylic acids is 1. The molecular formula is C28H27F3N4O5S. The molecule has 41 heavy (non-hydrogen) atoms. The minimum atomic E-state index is -4.51. The van der Waals surface area contributed by atoms with E-state index in [1.807, 2.05) is 0 Å². The number of benzene rings is 1. The summed E-state index contributed by atoms with van der Waals surface area (Å²) >= 11 is 0. The first-order valence-corrected chi connectivity index (χ1v) is 14.4. The largest absolute Gasteiger partial charge is 0.443 e. The second-order valence-corrected chi connectivity index (χ2v) is 11.9. The van der Waals surface area contributed by atoms with E-state index in [9.17, 15) is 31.2 Å². The van der Waals surface area contributed by atoms with Crippen LogP contribution in [0.4, 0.5) is 13.2 Å². The first kappa shape index (κ1) is 28.6. The average molecular weight is 589 g/mol. The highest BCUT2D eigenvalue weighted by Crippen LogP contribution is 2.32. The van der Waals surface area contributed by atoms with Crippen molar-refractivity contribution in [3.05, 3.63) is 82.5 Å². The molecule has 13 heteroatoms. The van der Waals surface area contributed by atoms with Crippen LogP contribution in [-0.4, -0.2) is 40.8 Å². The van der Waals surface area contributed by atoms with Gasteiger partial charge in [-0.1, -0.05) is 12.1 Å². The van der Waals surface area contributed by atoms with Gasteiger partial charge in [-0.25, -0.2) is 8.42 Å². The second kappa shape index (κ2) is 10.8. The molecule has 0 radical (unpaired) electrons. The van der Waals surface area contributed by atoms with Crippen molar-refractivity contribution in [2.75, 3.05) is 6.54 Å². The lowest BCUT2D eigenvalue weighted by atomic mass is 10.0. The number of alkyl halides is 3. The Bertz CT molecular complexity index is 1730. The van der Waals surface area contributed by atoms with Gasteiger partial charge in [0.15, 0.2) is 0 Å². The number of furan rings is 1. The van der Waals surface area contributed by atoms with E-state index < -0.39 is 33.7 Å².